The van der Waals surface area contributed by atoms with E-state index in [4.69, 9.17) is 4.74 Å². The fourth-order valence-electron chi connectivity index (χ4n) is 3.52. The van der Waals surface area contributed by atoms with Gasteiger partial charge in [-0.15, -0.1) is 10.2 Å². The molecule has 22 heavy (non-hydrogen) atoms. The van der Waals surface area contributed by atoms with Crippen LogP contribution in [0.15, 0.2) is 48.5 Å². The average molecular weight is 289 g/mol. The molecular formula is C18H15N3O. The normalized spacial score (nSPS) is 18.6. The molecule has 4 nitrogen and oxygen atoms in total. The van der Waals surface area contributed by atoms with E-state index in [9.17, 15) is 0 Å². The molecule has 4 aromatic rings. The summed E-state index contributed by atoms with van der Waals surface area (Å²) in [6.45, 7) is 1.55. The Kier molecular flexibility index (Phi) is 2.49. The predicted octanol–water partition coefficient (Wildman–Crippen LogP) is 3.54. The van der Waals surface area contributed by atoms with Crippen LogP contribution in [0.4, 0.5) is 0 Å². The van der Waals surface area contributed by atoms with Gasteiger partial charge in [0, 0.05) is 23.3 Å². The summed E-state index contributed by atoms with van der Waals surface area (Å²) in [7, 11) is 0. The summed E-state index contributed by atoms with van der Waals surface area (Å²) in [6, 6.07) is 16.9. The van der Waals surface area contributed by atoms with Crippen LogP contribution >= 0.6 is 0 Å². The van der Waals surface area contributed by atoms with Crippen molar-refractivity contribution in [2.45, 2.75) is 12.3 Å². The monoisotopic (exact) mass is 289 g/mol. The van der Waals surface area contributed by atoms with Gasteiger partial charge in [0.2, 0.25) is 0 Å². The van der Waals surface area contributed by atoms with Gasteiger partial charge in [-0.1, -0.05) is 42.5 Å². The third-order valence-electron chi connectivity index (χ3n) is 4.59. The van der Waals surface area contributed by atoms with Crippen molar-refractivity contribution in [2.24, 2.45) is 0 Å². The number of benzene rings is 2. The van der Waals surface area contributed by atoms with Crippen LogP contribution in [0.2, 0.25) is 0 Å². The van der Waals surface area contributed by atoms with Gasteiger partial charge in [0.25, 0.3) is 0 Å². The fraction of sp³-hybridized carbons (Fsp3) is 0.222. The van der Waals surface area contributed by atoms with Crippen LogP contribution in [-0.4, -0.2) is 27.8 Å². The van der Waals surface area contributed by atoms with Crippen LogP contribution in [0.25, 0.3) is 27.3 Å². The highest BCUT2D eigenvalue weighted by Crippen LogP contribution is 2.32. The van der Waals surface area contributed by atoms with Gasteiger partial charge in [-0.05, 0) is 17.9 Å². The maximum atomic E-state index is 5.55. The van der Waals surface area contributed by atoms with E-state index >= 15 is 0 Å². The average Bonchev–Trinajstić information content (AvgIpc) is 3.24. The number of ether oxygens (including phenoxy) is 1. The van der Waals surface area contributed by atoms with Gasteiger partial charge in [0.15, 0.2) is 5.65 Å². The molecule has 1 fully saturated rings. The Morgan fingerprint density at radius 2 is 1.68 bits per heavy atom. The van der Waals surface area contributed by atoms with E-state index < -0.39 is 0 Å². The number of para-hydroxylation sites is 1. The zero-order chi connectivity index (χ0) is 14.5. The maximum absolute atomic E-state index is 5.55. The molecule has 1 aliphatic heterocycles. The Bertz CT molecular complexity index is 999. The van der Waals surface area contributed by atoms with Crippen molar-refractivity contribution in [3.05, 3.63) is 54.4 Å². The van der Waals surface area contributed by atoms with Crippen LogP contribution in [0, 0.1) is 0 Å². The molecule has 108 valence electrons. The van der Waals surface area contributed by atoms with Crippen molar-refractivity contribution in [2.75, 3.05) is 13.2 Å². The van der Waals surface area contributed by atoms with E-state index in [0.29, 0.717) is 5.92 Å². The lowest BCUT2D eigenvalue weighted by molar-refractivity contribution is 0.193. The predicted molar refractivity (Wildman–Crippen MR) is 86.2 cm³/mol. The summed E-state index contributed by atoms with van der Waals surface area (Å²) in [4.78, 5) is 0. The number of nitrogens with zero attached hydrogens (tertiary/aromatic N) is 3. The Labute approximate surface area is 127 Å². The van der Waals surface area contributed by atoms with E-state index in [1.165, 1.54) is 16.3 Å². The van der Waals surface area contributed by atoms with Gasteiger partial charge >= 0.3 is 0 Å². The minimum Gasteiger partial charge on any atom is -0.381 e. The molecule has 0 spiro atoms. The molecule has 0 amide bonds. The van der Waals surface area contributed by atoms with Gasteiger partial charge < -0.3 is 4.74 Å². The number of hydrogen-bond acceptors (Lipinski definition) is 3. The molecule has 0 saturated carbocycles. The maximum Gasteiger partial charge on any atom is 0.169 e. The standard InChI is InChI=1S/C18H15N3O/c1-2-7-15-13(5-1)14-6-3-4-8-16(14)21-17(19-20-18(15)21)12-9-10-22-11-12/h1-8,12H,9-11H2/t12-/m0/s1. The lowest BCUT2D eigenvalue weighted by Crippen LogP contribution is -2.05. The molecule has 0 unspecified atom stereocenters. The minimum atomic E-state index is 0.333. The largest absolute Gasteiger partial charge is 0.381 e. The number of pyridine rings is 1. The second-order valence-corrected chi connectivity index (χ2v) is 5.84. The van der Waals surface area contributed by atoms with Crippen LogP contribution < -0.4 is 0 Å². The molecule has 4 heteroatoms. The zero-order valence-corrected chi connectivity index (χ0v) is 12.1. The number of aromatic nitrogens is 3. The van der Waals surface area contributed by atoms with Crippen molar-refractivity contribution in [3.8, 4) is 0 Å². The van der Waals surface area contributed by atoms with E-state index in [0.717, 1.165) is 36.5 Å². The molecule has 0 aliphatic carbocycles. The number of rotatable bonds is 1. The molecule has 0 N–H and O–H groups in total. The number of fused-ring (bicyclic) bond motifs is 6. The minimum absolute atomic E-state index is 0.333. The first kappa shape index (κ1) is 12.1. The first-order valence-electron chi connectivity index (χ1n) is 7.66. The Morgan fingerprint density at radius 1 is 0.909 bits per heavy atom. The lowest BCUT2D eigenvalue weighted by Gasteiger charge is -2.11. The molecule has 5 rings (SSSR count). The first-order valence-corrected chi connectivity index (χ1v) is 7.66. The quantitative estimate of drug-likeness (QED) is 0.503. The van der Waals surface area contributed by atoms with Crippen LogP contribution in [-0.2, 0) is 4.74 Å². The van der Waals surface area contributed by atoms with Crippen LogP contribution in [0.3, 0.4) is 0 Å². The SMILES string of the molecule is c1ccc2c(c1)c1ccccc1n1c([C@H]3CCOC3)nnc21. The van der Waals surface area contributed by atoms with Gasteiger partial charge in [-0.2, -0.15) is 0 Å². The van der Waals surface area contributed by atoms with Crippen molar-refractivity contribution >= 4 is 27.3 Å². The van der Waals surface area contributed by atoms with Crippen LogP contribution in [0.5, 0.6) is 0 Å². The van der Waals surface area contributed by atoms with Crippen molar-refractivity contribution < 1.29 is 4.74 Å². The topological polar surface area (TPSA) is 39.4 Å². The van der Waals surface area contributed by atoms with Gasteiger partial charge in [0.05, 0.1) is 12.1 Å². The summed E-state index contributed by atoms with van der Waals surface area (Å²) in [5, 5.41) is 12.6. The van der Waals surface area contributed by atoms with E-state index in [2.05, 4.69) is 63.1 Å². The molecule has 0 bridgehead atoms. The summed E-state index contributed by atoms with van der Waals surface area (Å²) in [6.07, 6.45) is 1.02. The highest BCUT2D eigenvalue weighted by atomic mass is 16.5. The van der Waals surface area contributed by atoms with Gasteiger partial charge in [-0.25, -0.2) is 0 Å². The third kappa shape index (κ3) is 1.56. The fourth-order valence-corrected chi connectivity index (χ4v) is 3.52. The molecule has 3 heterocycles. The van der Waals surface area contributed by atoms with E-state index in [1.54, 1.807) is 0 Å². The molecular weight excluding hydrogens is 274 g/mol. The lowest BCUT2D eigenvalue weighted by atomic mass is 10.0. The molecule has 2 aromatic heterocycles. The van der Waals surface area contributed by atoms with E-state index in [1.807, 2.05) is 0 Å². The summed E-state index contributed by atoms with van der Waals surface area (Å²) in [5.41, 5.74) is 2.11. The number of hydrogen-bond donors (Lipinski definition) is 0. The van der Waals surface area contributed by atoms with Gasteiger partial charge in [0.1, 0.15) is 5.82 Å². The first-order chi connectivity index (χ1) is 10.9. The van der Waals surface area contributed by atoms with Crippen molar-refractivity contribution in [1.29, 1.82) is 0 Å². The molecule has 1 atom stereocenters. The molecule has 1 aliphatic rings. The Morgan fingerprint density at radius 3 is 2.50 bits per heavy atom. The zero-order valence-electron chi connectivity index (χ0n) is 12.1. The Balaban J connectivity index is 2.00. The van der Waals surface area contributed by atoms with Crippen LogP contribution in [0.1, 0.15) is 18.2 Å². The summed E-state index contributed by atoms with van der Waals surface area (Å²) in [5.74, 6) is 1.36. The van der Waals surface area contributed by atoms with Crippen molar-refractivity contribution in [1.82, 2.24) is 14.6 Å². The summed E-state index contributed by atoms with van der Waals surface area (Å²) >= 11 is 0. The molecule has 1 saturated heterocycles. The summed E-state index contributed by atoms with van der Waals surface area (Å²) < 4.78 is 7.77. The smallest absolute Gasteiger partial charge is 0.169 e. The highest BCUT2D eigenvalue weighted by Gasteiger charge is 2.24. The second-order valence-electron chi connectivity index (χ2n) is 5.84. The van der Waals surface area contributed by atoms with Gasteiger partial charge in [-0.3, -0.25) is 4.40 Å². The molecule has 0 radical (unpaired) electrons. The van der Waals surface area contributed by atoms with Crippen molar-refractivity contribution in [3.63, 3.8) is 0 Å². The third-order valence-corrected chi connectivity index (χ3v) is 4.59. The second kappa shape index (κ2) is 4.52. The highest BCUT2D eigenvalue weighted by molar-refractivity contribution is 6.11. The molecule has 2 aromatic carbocycles. The Hall–Kier alpha value is -2.46. The van der Waals surface area contributed by atoms with E-state index in [-0.39, 0.29) is 0 Å².